The first-order valence-electron chi connectivity index (χ1n) is 16.4. The third kappa shape index (κ3) is 4.73. The minimum Gasteiger partial charge on any atom is -0.394 e. The lowest BCUT2D eigenvalue weighted by atomic mass is 9.71. The van der Waals surface area contributed by atoms with Gasteiger partial charge in [-0.05, 0) is 62.6 Å². The van der Waals surface area contributed by atoms with E-state index in [-0.39, 0.29) is 49.2 Å². The number of fused-ring (bicyclic) bond motifs is 2. The van der Waals surface area contributed by atoms with Gasteiger partial charge in [-0.15, -0.1) is 0 Å². The second kappa shape index (κ2) is 11.2. The molecule has 0 aromatic heterocycles. The Morgan fingerprint density at radius 1 is 1.00 bits per heavy atom. The van der Waals surface area contributed by atoms with Crippen LogP contribution in [0.15, 0.2) is 42.5 Å². The van der Waals surface area contributed by atoms with Gasteiger partial charge in [0.2, 0.25) is 17.7 Å². The van der Waals surface area contributed by atoms with Crippen molar-refractivity contribution in [1.82, 2.24) is 4.90 Å². The molecule has 4 fully saturated rings. The first kappa shape index (κ1) is 30.8. The maximum absolute atomic E-state index is 16.2. The molecule has 1 N–H and O–H groups in total. The van der Waals surface area contributed by atoms with Crippen LogP contribution in [0.5, 0.6) is 0 Å². The van der Waals surface area contributed by atoms with Gasteiger partial charge in [-0.2, -0.15) is 0 Å². The smallest absolute Gasteiger partial charge is 0.264 e. The number of β-lactam (4-membered cyclic amide) rings is 2. The summed E-state index contributed by atoms with van der Waals surface area (Å²) in [4.78, 5) is 59.4. The van der Waals surface area contributed by atoms with Crippen LogP contribution in [0.3, 0.4) is 0 Å². The first-order valence-corrected chi connectivity index (χ1v) is 16.4. The summed E-state index contributed by atoms with van der Waals surface area (Å²) < 4.78 is 23.0. The SMILES string of the molecule is C[C@H]1[C@H](C(C)(C)F)[C@@H](CC(=O)N2CCC[C@H]2CO)O[C@]12C(=O)N(Cc1ccc(N3CCC3=O)cc1)c1ccc(N3CCC3=O)cc12. The van der Waals surface area contributed by atoms with Crippen molar-refractivity contribution in [1.29, 1.82) is 0 Å². The van der Waals surface area contributed by atoms with Gasteiger partial charge in [0, 0.05) is 61.2 Å². The summed E-state index contributed by atoms with van der Waals surface area (Å²) in [6, 6.07) is 12.7. The van der Waals surface area contributed by atoms with Crippen LogP contribution in [-0.4, -0.2) is 77.7 Å². The fraction of sp³-hybridized carbons (Fsp3) is 0.543. The molecule has 0 radical (unpaired) electrons. The molecule has 2 aromatic rings. The Balaban J connectivity index is 1.26. The lowest BCUT2D eigenvalue weighted by Crippen LogP contribution is -2.46. The second-order valence-electron chi connectivity index (χ2n) is 13.9. The molecule has 0 bridgehead atoms. The predicted octanol–water partition coefficient (Wildman–Crippen LogP) is 3.67. The molecule has 1 spiro atoms. The summed E-state index contributed by atoms with van der Waals surface area (Å²) in [7, 11) is 0. The molecule has 7 rings (SSSR count). The van der Waals surface area contributed by atoms with E-state index in [4.69, 9.17) is 4.74 Å². The van der Waals surface area contributed by atoms with Crippen molar-refractivity contribution in [2.75, 3.05) is 40.9 Å². The number of rotatable bonds is 8. The van der Waals surface area contributed by atoms with Crippen LogP contribution in [0, 0.1) is 11.8 Å². The quantitative estimate of drug-likeness (QED) is 0.445. The van der Waals surface area contributed by atoms with Gasteiger partial charge < -0.3 is 29.4 Å². The van der Waals surface area contributed by atoms with Gasteiger partial charge >= 0.3 is 0 Å². The highest BCUT2D eigenvalue weighted by Crippen LogP contribution is 2.59. The molecule has 4 saturated heterocycles. The number of benzene rings is 2. The monoisotopic (exact) mass is 632 g/mol. The third-order valence-electron chi connectivity index (χ3n) is 10.8. The first-order chi connectivity index (χ1) is 21.9. The lowest BCUT2D eigenvalue weighted by Gasteiger charge is -2.34. The fourth-order valence-corrected chi connectivity index (χ4v) is 8.34. The van der Waals surface area contributed by atoms with Crippen molar-refractivity contribution in [3.63, 3.8) is 0 Å². The average molecular weight is 633 g/mol. The summed E-state index contributed by atoms with van der Waals surface area (Å²) in [6.07, 6.45) is 1.49. The number of amides is 4. The van der Waals surface area contributed by atoms with E-state index in [1.807, 2.05) is 49.4 Å². The highest BCUT2D eigenvalue weighted by Gasteiger charge is 2.66. The number of alkyl halides is 1. The number of carbonyl (C=O) groups excluding carboxylic acids is 4. The molecule has 2 aromatic carbocycles. The number of nitrogens with zero attached hydrogens (tertiary/aromatic N) is 4. The van der Waals surface area contributed by atoms with Crippen molar-refractivity contribution < 1.29 is 33.4 Å². The molecule has 11 heteroatoms. The van der Waals surface area contributed by atoms with E-state index in [1.54, 1.807) is 19.6 Å². The zero-order valence-electron chi connectivity index (χ0n) is 26.6. The van der Waals surface area contributed by atoms with Crippen LogP contribution in [0.4, 0.5) is 21.5 Å². The van der Waals surface area contributed by atoms with Gasteiger partial charge in [0.15, 0.2) is 5.60 Å². The van der Waals surface area contributed by atoms with Crippen LogP contribution in [-0.2, 0) is 36.1 Å². The maximum atomic E-state index is 16.2. The molecule has 4 amide bonds. The van der Waals surface area contributed by atoms with E-state index in [2.05, 4.69) is 0 Å². The van der Waals surface area contributed by atoms with E-state index < -0.39 is 29.2 Å². The van der Waals surface area contributed by atoms with Crippen LogP contribution in [0.2, 0.25) is 0 Å². The van der Waals surface area contributed by atoms with Crippen LogP contribution in [0.1, 0.15) is 64.0 Å². The maximum Gasteiger partial charge on any atom is 0.264 e. The zero-order valence-corrected chi connectivity index (χ0v) is 26.6. The molecule has 0 saturated carbocycles. The van der Waals surface area contributed by atoms with Gasteiger partial charge in [0.1, 0.15) is 5.67 Å². The van der Waals surface area contributed by atoms with E-state index in [0.29, 0.717) is 55.8 Å². The number of aliphatic hydroxyl groups excluding tert-OH is 1. The molecule has 5 aliphatic rings. The van der Waals surface area contributed by atoms with Crippen molar-refractivity contribution in [2.45, 2.75) is 82.8 Å². The average Bonchev–Trinajstić information content (AvgIpc) is 3.67. The van der Waals surface area contributed by atoms with Gasteiger partial charge in [0.25, 0.3) is 5.91 Å². The number of halogens is 1. The molecular formula is C35H41FN4O6. The molecule has 0 aliphatic carbocycles. The normalized spacial score (nSPS) is 29.1. The molecular weight excluding hydrogens is 591 g/mol. The Morgan fingerprint density at radius 3 is 2.24 bits per heavy atom. The zero-order chi connectivity index (χ0) is 32.5. The Kier molecular flexibility index (Phi) is 7.47. The number of hydrogen-bond donors (Lipinski definition) is 1. The Bertz CT molecular complexity index is 1590. The van der Waals surface area contributed by atoms with E-state index in [0.717, 1.165) is 17.7 Å². The number of aliphatic hydroxyl groups is 1. The highest BCUT2D eigenvalue weighted by atomic mass is 19.1. The van der Waals surface area contributed by atoms with Gasteiger partial charge in [0.05, 0.1) is 37.4 Å². The molecule has 0 unspecified atom stereocenters. The Morgan fingerprint density at radius 2 is 1.65 bits per heavy atom. The third-order valence-corrected chi connectivity index (χ3v) is 10.8. The minimum absolute atomic E-state index is 0.00775. The lowest BCUT2D eigenvalue weighted by molar-refractivity contribution is -0.150. The molecule has 10 nitrogen and oxygen atoms in total. The second-order valence-corrected chi connectivity index (χ2v) is 13.9. The standard InChI is InChI=1S/C35H41FN4O6/c1-21-32(34(2,3)36)28(18-31(44)37-14-4-5-25(37)20-41)46-35(21)26-17-24(39-16-13-30(39)43)10-11-27(26)40(33(35)45)19-22-6-8-23(9-7-22)38-15-12-29(38)42/h6-11,17,21,25,28,32,41H,4-5,12-16,18-20H2,1-3H3/t21-,25-,28+,32-,35+/m0/s1. The summed E-state index contributed by atoms with van der Waals surface area (Å²) in [6.45, 7) is 6.63. The summed E-state index contributed by atoms with van der Waals surface area (Å²) >= 11 is 0. The largest absolute Gasteiger partial charge is 0.394 e. The molecule has 5 atom stereocenters. The van der Waals surface area contributed by atoms with Gasteiger partial charge in [-0.1, -0.05) is 19.1 Å². The molecule has 46 heavy (non-hydrogen) atoms. The van der Waals surface area contributed by atoms with E-state index in [9.17, 15) is 24.3 Å². The number of anilines is 3. The van der Waals surface area contributed by atoms with Crippen molar-refractivity contribution >= 4 is 40.7 Å². The Labute approximate surface area is 268 Å². The fourth-order valence-electron chi connectivity index (χ4n) is 8.34. The number of carbonyl (C=O) groups is 4. The Hall–Kier alpha value is -3.83. The van der Waals surface area contributed by atoms with Gasteiger partial charge in [-0.3, -0.25) is 19.2 Å². The highest BCUT2D eigenvalue weighted by molar-refractivity contribution is 6.09. The predicted molar refractivity (Wildman–Crippen MR) is 169 cm³/mol. The summed E-state index contributed by atoms with van der Waals surface area (Å²) in [5.41, 5.74) is 0.160. The molecule has 5 heterocycles. The van der Waals surface area contributed by atoms with E-state index in [1.165, 1.54) is 13.8 Å². The van der Waals surface area contributed by atoms with Crippen LogP contribution in [0.25, 0.3) is 0 Å². The number of ether oxygens (including phenoxy) is 1. The number of likely N-dealkylation sites (tertiary alicyclic amines) is 1. The van der Waals surface area contributed by atoms with Gasteiger partial charge in [-0.25, -0.2) is 4.39 Å². The van der Waals surface area contributed by atoms with Crippen molar-refractivity contribution in [3.05, 3.63) is 53.6 Å². The van der Waals surface area contributed by atoms with Crippen LogP contribution >= 0.6 is 0 Å². The van der Waals surface area contributed by atoms with E-state index >= 15 is 4.39 Å². The topological polar surface area (TPSA) is 111 Å². The number of hydrogen-bond acceptors (Lipinski definition) is 6. The minimum atomic E-state index is -1.78. The summed E-state index contributed by atoms with van der Waals surface area (Å²) in [5, 5.41) is 9.83. The summed E-state index contributed by atoms with van der Waals surface area (Å²) in [5.74, 6) is -1.91. The van der Waals surface area contributed by atoms with Crippen LogP contribution < -0.4 is 14.7 Å². The molecule has 5 aliphatic heterocycles. The molecule has 244 valence electrons. The van der Waals surface area contributed by atoms with Crippen molar-refractivity contribution in [2.24, 2.45) is 11.8 Å². The van der Waals surface area contributed by atoms with Crippen molar-refractivity contribution in [3.8, 4) is 0 Å².